The van der Waals surface area contributed by atoms with Crippen LogP contribution in [0.4, 0.5) is 0 Å². The van der Waals surface area contributed by atoms with Crippen molar-refractivity contribution in [2.24, 2.45) is 5.92 Å². The highest BCUT2D eigenvalue weighted by molar-refractivity contribution is 5.93. The highest BCUT2D eigenvalue weighted by atomic mass is 16.2. The van der Waals surface area contributed by atoms with Gasteiger partial charge in [0.2, 0.25) is 0 Å². The van der Waals surface area contributed by atoms with E-state index >= 15 is 0 Å². The van der Waals surface area contributed by atoms with Crippen molar-refractivity contribution in [2.45, 2.75) is 26.3 Å². The topological polar surface area (TPSA) is 58.1 Å². The van der Waals surface area contributed by atoms with Gasteiger partial charge in [-0.15, -0.1) is 0 Å². The smallest absolute Gasteiger partial charge is 0.257 e. The molecule has 98 valence electrons. The zero-order valence-electron chi connectivity index (χ0n) is 11.0. The van der Waals surface area contributed by atoms with Crippen molar-refractivity contribution in [1.82, 2.24) is 20.2 Å². The van der Waals surface area contributed by atoms with Gasteiger partial charge in [0.25, 0.3) is 5.91 Å². The highest BCUT2D eigenvalue weighted by Gasteiger charge is 2.28. The Morgan fingerprint density at radius 2 is 2.22 bits per heavy atom. The summed E-state index contributed by atoms with van der Waals surface area (Å²) in [5.74, 6) is 0.518. The molecular weight excluding hydrogens is 228 g/mol. The largest absolute Gasteiger partial charge is 0.338 e. The summed E-state index contributed by atoms with van der Waals surface area (Å²) in [5.41, 5.74) is 0.576. The van der Waals surface area contributed by atoms with Gasteiger partial charge in [-0.25, -0.2) is 9.97 Å². The summed E-state index contributed by atoms with van der Waals surface area (Å²) in [5, 5.41) is 3.47. The lowest BCUT2D eigenvalue weighted by Gasteiger charge is -2.37. The van der Waals surface area contributed by atoms with E-state index < -0.39 is 0 Å². The molecular formula is C13H20N4O. The van der Waals surface area contributed by atoms with Gasteiger partial charge in [0.1, 0.15) is 6.33 Å². The number of nitrogens with one attached hydrogen (secondary N) is 1. The third kappa shape index (κ3) is 2.85. The standard InChI is InChI=1S/C13H20N4O/c1-3-16-12-4-5-17(8-10(12)2)13(18)11-6-14-9-15-7-11/h6-7,9-10,12,16H,3-5,8H2,1-2H3. The van der Waals surface area contributed by atoms with Crippen molar-refractivity contribution in [3.63, 3.8) is 0 Å². The Balaban J connectivity index is 1.98. The molecule has 0 aromatic carbocycles. The number of nitrogens with zero attached hydrogens (tertiary/aromatic N) is 3. The van der Waals surface area contributed by atoms with Gasteiger partial charge in [-0.3, -0.25) is 4.79 Å². The maximum absolute atomic E-state index is 12.2. The van der Waals surface area contributed by atoms with Crippen LogP contribution in [0.15, 0.2) is 18.7 Å². The fraction of sp³-hybridized carbons (Fsp3) is 0.615. The van der Waals surface area contributed by atoms with Gasteiger partial charge < -0.3 is 10.2 Å². The van der Waals surface area contributed by atoms with Crippen LogP contribution in [0.25, 0.3) is 0 Å². The van der Waals surface area contributed by atoms with Gasteiger partial charge in [0.15, 0.2) is 0 Å². The molecule has 0 aliphatic carbocycles. The molecule has 1 aliphatic rings. The van der Waals surface area contributed by atoms with Gasteiger partial charge in [-0.1, -0.05) is 13.8 Å². The molecule has 2 rings (SSSR count). The van der Waals surface area contributed by atoms with E-state index in [1.54, 1.807) is 12.4 Å². The van der Waals surface area contributed by atoms with Gasteiger partial charge in [0, 0.05) is 31.5 Å². The van der Waals surface area contributed by atoms with E-state index in [9.17, 15) is 4.79 Å². The highest BCUT2D eigenvalue weighted by Crippen LogP contribution is 2.18. The first-order valence-corrected chi connectivity index (χ1v) is 6.50. The fourth-order valence-electron chi connectivity index (χ4n) is 2.49. The van der Waals surface area contributed by atoms with Crippen molar-refractivity contribution in [2.75, 3.05) is 19.6 Å². The van der Waals surface area contributed by atoms with Gasteiger partial charge in [0.05, 0.1) is 5.56 Å². The molecule has 0 saturated carbocycles. The fourth-order valence-corrected chi connectivity index (χ4v) is 2.49. The second kappa shape index (κ2) is 5.91. The summed E-state index contributed by atoms with van der Waals surface area (Å²) < 4.78 is 0. The van der Waals surface area contributed by atoms with Gasteiger partial charge >= 0.3 is 0 Å². The number of piperidine rings is 1. The molecule has 5 heteroatoms. The molecule has 0 spiro atoms. The molecule has 1 N–H and O–H groups in total. The molecule has 2 heterocycles. The Morgan fingerprint density at radius 1 is 1.50 bits per heavy atom. The van der Waals surface area contributed by atoms with E-state index in [0.717, 1.165) is 26.1 Å². The van der Waals surface area contributed by atoms with Crippen LogP contribution in [0, 0.1) is 5.92 Å². The minimum atomic E-state index is 0.0393. The lowest BCUT2D eigenvalue weighted by Crippen LogP contribution is -2.50. The van der Waals surface area contributed by atoms with E-state index in [-0.39, 0.29) is 5.91 Å². The SMILES string of the molecule is CCNC1CCN(C(=O)c2cncnc2)CC1C. The van der Waals surface area contributed by atoms with Crippen molar-refractivity contribution >= 4 is 5.91 Å². The van der Waals surface area contributed by atoms with Crippen LogP contribution in [0.2, 0.25) is 0 Å². The molecule has 1 aromatic heterocycles. The van der Waals surface area contributed by atoms with Crippen LogP contribution < -0.4 is 5.32 Å². The molecule has 1 amide bonds. The first-order valence-electron chi connectivity index (χ1n) is 6.50. The van der Waals surface area contributed by atoms with E-state index in [1.165, 1.54) is 6.33 Å². The number of amides is 1. The lowest BCUT2D eigenvalue weighted by atomic mass is 9.93. The lowest BCUT2D eigenvalue weighted by molar-refractivity contribution is 0.0645. The third-order valence-electron chi connectivity index (χ3n) is 3.47. The van der Waals surface area contributed by atoms with E-state index in [0.29, 0.717) is 17.5 Å². The summed E-state index contributed by atoms with van der Waals surface area (Å²) in [6, 6.07) is 0.520. The second-order valence-corrected chi connectivity index (χ2v) is 4.81. The van der Waals surface area contributed by atoms with Gasteiger partial charge in [-0.05, 0) is 18.9 Å². The van der Waals surface area contributed by atoms with Crippen LogP contribution in [0.5, 0.6) is 0 Å². The number of carbonyl (C=O) groups is 1. The molecule has 1 aromatic rings. The Morgan fingerprint density at radius 3 is 2.83 bits per heavy atom. The summed E-state index contributed by atoms with van der Waals surface area (Å²) in [6.45, 7) is 6.89. The maximum atomic E-state index is 12.2. The van der Waals surface area contributed by atoms with Crippen LogP contribution in [0.3, 0.4) is 0 Å². The summed E-state index contributed by atoms with van der Waals surface area (Å²) >= 11 is 0. The van der Waals surface area contributed by atoms with Gasteiger partial charge in [-0.2, -0.15) is 0 Å². The summed E-state index contributed by atoms with van der Waals surface area (Å²) in [7, 11) is 0. The Hall–Kier alpha value is -1.49. The molecule has 1 fully saturated rings. The quantitative estimate of drug-likeness (QED) is 0.865. The molecule has 2 unspecified atom stereocenters. The zero-order chi connectivity index (χ0) is 13.0. The molecule has 1 aliphatic heterocycles. The Labute approximate surface area is 108 Å². The molecule has 0 bridgehead atoms. The van der Waals surface area contributed by atoms with E-state index in [2.05, 4.69) is 29.1 Å². The molecule has 2 atom stereocenters. The van der Waals surface area contributed by atoms with Crippen LogP contribution in [-0.2, 0) is 0 Å². The molecule has 18 heavy (non-hydrogen) atoms. The van der Waals surface area contributed by atoms with E-state index in [4.69, 9.17) is 0 Å². The number of likely N-dealkylation sites (tertiary alicyclic amines) is 1. The van der Waals surface area contributed by atoms with Crippen molar-refractivity contribution in [1.29, 1.82) is 0 Å². The first kappa shape index (κ1) is 13.0. The predicted molar refractivity (Wildman–Crippen MR) is 69.2 cm³/mol. The number of aromatic nitrogens is 2. The summed E-state index contributed by atoms with van der Waals surface area (Å²) in [6.07, 6.45) is 5.61. The maximum Gasteiger partial charge on any atom is 0.257 e. The van der Waals surface area contributed by atoms with Crippen LogP contribution in [0.1, 0.15) is 30.6 Å². The monoisotopic (exact) mass is 248 g/mol. The van der Waals surface area contributed by atoms with Crippen molar-refractivity contribution < 1.29 is 4.79 Å². The predicted octanol–water partition coefficient (Wildman–Crippen LogP) is 0.937. The molecule has 0 radical (unpaired) electrons. The van der Waals surface area contributed by atoms with Crippen LogP contribution >= 0.6 is 0 Å². The number of rotatable bonds is 3. The van der Waals surface area contributed by atoms with Crippen molar-refractivity contribution in [3.05, 3.63) is 24.3 Å². The van der Waals surface area contributed by atoms with Crippen LogP contribution in [-0.4, -0.2) is 46.5 Å². The number of hydrogen-bond donors (Lipinski definition) is 1. The average molecular weight is 248 g/mol. The zero-order valence-corrected chi connectivity index (χ0v) is 11.0. The average Bonchev–Trinajstić information content (AvgIpc) is 2.41. The number of carbonyl (C=O) groups excluding carboxylic acids is 1. The molecule has 1 saturated heterocycles. The normalized spacial score (nSPS) is 24.0. The molecule has 5 nitrogen and oxygen atoms in total. The Bertz CT molecular complexity index is 395. The minimum absolute atomic E-state index is 0.0393. The first-order chi connectivity index (χ1) is 8.72. The Kier molecular flexibility index (Phi) is 4.25. The summed E-state index contributed by atoms with van der Waals surface area (Å²) in [4.78, 5) is 21.9. The van der Waals surface area contributed by atoms with Crippen molar-refractivity contribution in [3.8, 4) is 0 Å². The second-order valence-electron chi connectivity index (χ2n) is 4.81. The third-order valence-corrected chi connectivity index (χ3v) is 3.47. The minimum Gasteiger partial charge on any atom is -0.338 e. The number of hydrogen-bond acceptors (Lipinski definition) is 4. The van der Waals surface area contributed by atoms with E-state index in [1.807, 2.05) is 4.90 Å².